The summed E-state index contributed by atoms with van der Waals surface area (Å²) in [5, 5.41) is 7.05. The van der Waals surface area contributed by atoms with Crippen LogP contribution in [0.4, 0.5) is 0 Å². The Morgan fingerprint density at radius 2 is 1.79 bits per heavy atom. The number of pyridine rings is 1. The third-order valence-corrected chi connectivity index (χ3v) is 4.40. The van der Waals surface area contributed by atoms with Crippen molar-refractivity contribution in [3.8, 4) is 11.6 Å². The van der Waals surface area contributed by atoms with E-state index in [1.807, 2.05) is 60.7 Å². The predicted octanol–water partition coefficient (Wildman–Crippen LogP) is 3.78. The first-order chi connectivity index (χ1) is 14.3. The van der Waals surface area contributed by atoms with Crippen LogP contribution in [0.15, 0.2) is 91.4 Å². The number of aromatic nitrogens is 3. The zero-order valence-corrected chi connectivity index (χ0v) is 15.7. The predicted molar refractivity (Wildman–Crippen MR) is 110 cm³/mol. The second-order valence-corrected chi connectivity index (χ2v) is 6.42. The fraction of sp³-hybridized carbons (Fsp3) is 0.0870. The fourth-order valence-corrected chi connectivity index (χ4v) is 2.86. The Kier molecular flexibility index (Phi) is 5.62. The molecule has 0 saturated carbocycles. The number of ether oxygens (including phenoxy) is 1. The Balaban J connectivity index is 1.38. The van der Waals surface area contributed by atoms with Crippen LogP contribution in [0.2, 0.25) is 0 Å². The van der Waals surface area contributed by atoms with Gasteiger partial charge in [-0.2, -0.15) is 5.10 Å². The molecule has 0 radical (unpaired) electrons. The first-order valence-electron chi connectivity index (χ1n) is 9.28. The third kappa shape index (κ3) is 4.68. The summed E-state index contributed by atoms with van der Waals surface area (Å²) in [6.07, 6.45) is 5.03. The van der Waals surface area contributed by atoms with Crippen LogP contribution >= 0.6 is 0 Å². The number of hydrogen-bond acceptors (Lipinski definition) is 4. The van der Waals surface area contributed by atoms with E-state index in [4.69, 9.17) is 4.74 Å². The molecule has 0 aliphatic carbocycles. The molecule has 29 heavy (non-hydrogen) atoms. The van der Waals surface area contributed by atoms with Crippen LogP contribution < -0.4 is 10.1 Å². The molecule has 4 rings (SSSR count). The Labute approximate surface area is 168 Å². The van der Waals surface area contributed by atoms with Crippen molar-refractivity contribution < 1.29 is 9.53 Å². The lowest BCUT2D eigenvalue weighted by molar-refractivity contribution is 0.0950. The van der Waals surface area contributed by atoms with Crippen molar-refractivity contribution in [2.24, 2.45) is 0 Å². The van der Waals surface area contributed by atoms with E-state index >= 15 is 0 Å². The molecule has 0 atom stereocenters. The molecule has 0 unspecified atom stereocenters. The van der Waals surface area contributed by atoms with Gasteiger partial charge in [0.15, 0.2) is 5.82 Å². The van der Waals surface area contributed by atoms with E-state index < -0.39 is 0 Å². The SMILES string of the molecule is O=C(NCc1ccccc1OCc1ccccc1)c1ccc(-n2cccn2)nc1. The summed E-state index contributed by atoms with van der Waals surface area (Å²) in [6, 6.07) is 23.0. The van der Waals surface area contributed by atoms with Gasteiger partial charge in [0.2, 0.25) is 0 Å². The molecule has 2 aromatic carbocycles. The van der Waals surface area contributed by atoms with E-state index in [9.17, 15) is 4.79 Å². The van der Waals surface area contributed by atoms with Gasteiger partial charge < -0.3 is 10.1 Å². The van der Waals surface area contributed by atoms with Crippen LogP contribution in [0.25, 0.3) is 5.82 Å². The van der Waals surface area contributed by atoms with Crippen molar-refractivity contribution in [2.75, 3.05) is 0 Å². The Bertz CT molecular complexity index is 1060. The Morgan fingerprint density at radius 1 is 0.966 bits per heavy atom. The zero-order valence-electron chi connectivity index (χ0n) is 15.7. The average molecular weight is 384 g/mol. The molecule has 0 saturated heterocycles. The van der Waals surface area contributed by atoms with Gasteiger partial charge in [-0.15, -0.1) is 0 Å². The van der Waals surface area contributed by atoms with E-state index in [1.54, 1.807) is 35.4 Å². The maximum atomic E-state index is 12.5. The van der Waals surface area contributed by atoms with Crippen LogP contribution in [0.3, 0.4) is 0 Å². The van der Waals surface area contributed by atoms with Crippen LogP contribution in [-0.4, -0.2) is 20.7 Å². The molecule has 1 amide bonds. The van der Waals surface area contributed by atoms with Crippen LogP contribution in [0.1, 0.15) is 21.5 Å². The van der Waals surface area contributed by atoms with Gasteiger partial charge >= 0.3 is 0 Å². The van der Waals surface area contributed by atoms with Gasteiger partial charge in [-0.1, -0.05) is 48.5 Å². The number of carbonyl (C=O) groups is 1. The highest BCUT2D eigenvalue weighted by Crippen LogP contribution is 2.19. The second kappa shape index (κ2) is 8.84. The molecule has 0 fully saturated rings. The highest BCUT2D eigenvalue weighted by atomic mass is 16.5. The summed E-state index contributed by atoms with van der Waals surface area (Å²) in [5.74, 6) is 1.22. The van der Waals surface area contributed by atoms with Gasteiger partial charge in [0.05, 0.1) is 5.56 Å². The average Bonchev–Trinajstić information content (AvgIpc) is 3.32. The molecule has 144 valence electrons. The van der Waals surface area contributed by atoms with Crippen LogP contribution in [0.5, 0.6) is 5.75 Å². The smallest absolute Gasteiger partial charge is 0.253 e. The van der Waals surface area contributed by atoms with Gasteiger partial charge in [0.1, 0.15) is 12.4 Å². The normalized spacial score (nSPS) is 10.5. The van der Waals surface area contributed by atoms with E-state index in [1.165, 1.54) is 0 Å². The molecule has 0 aliphatic rings. The summed E-state index contributed by atoms with van der Waals surface area (Å²) >= 11 is 0. The van der Waals surface area contributed by atoms with Crippen LogP contribution in [-0.2, 0) is 13.2 Å². The molecule has 6 nitrogen and oxygen atoms in total. The highest BCUT2D eigenvalue weighted by Gasteiger charge is 2.09. The van der Waals surface area contributed by atoms with E-state index in [0.717, 1.165) is 16.9 Å². The van der Waals surface area contributed by atoms with Crippen molar-refractivity contribution in [3.63, 3.8) is 0 Å². The van der Waals surface area contributed by atoms with Crippen molar-refractivity contribution in [1.29, 1.82) is 0 Å². The number of hydrogen-bond donors (Lipinski definition) is 1. The lowest BCUT2D eigenvalue weighted by atomic mass is 10.2. The molecule has 0 bridgehead atoms. The van der Waals surface area contributed by atoms with Crippen molar-refractivity contribution >= 4 is 5.91 Å². The minimum absolute atomic E-state index is 0.192. The van der Waals surface area contributed by atoms with Crippen LogP contribution in [0, 0.1) is 0 Å². The lowest BCUT2D eigenvalue weighted by Gasteiger charge is -2.12. The van der Waals surface area contributed by atoms with Crippen molar-refractivity contribution in [3.05, 3.63) is 108 Å². The Hall–Kier alpha value is -3.93. The summed E-state index contributed by atoms with van der Waals surface area (Å²) in [4.78, 5) is 16.8. The maximum absolute atomic E-state index is 12.5. The number of amides is 1. The summed E-state index contributed by atoms with van der Waals surface area (Å²) < 4.78 is 7.59. The molecule has 0 aliphatic heterocycles. The molecule has 0 spiro atoms. The molecule has 2 heterocycles. The standard InChI is InChI=1S/C23H20N4O2/c28-23(20-11-12-22(24-16-20)27-14-6-13-26-27)25-15-19-9-4-5-10-21(19)29-17-18-7-2-1-3-8-18/h1-14,16H,15,17H2,(H,25,28). The number of carbonyl (C=O) groups excluding carboxylic acids is 1. The monoisotopic (exact) mass is 384 g/mol. The zero-order chi connectivity index (χ0) is 19.9. The summed E-state index contributed by atoms with van der Waals surface area (Å²) in [5.41, 5.74) is 2.50. The first kappa shape index (κ1) is 18.4. The molecule has 6 heteroatoms. The Morgan fingerprint density at radius 3 is 2.55 bits per heavy atom. The number of rotatable bonds is 7. The summed E-state index contributed by atoms with van der Waals surface area (Å²) in [6.45, 7) is 0.843. The number of benzene rings is 2. The summed E-state index contributed by atoms with van der Waals surface area (Å²) in [7, 11) is 0. The topological polar surface area (TPSA) is 69.0 Å². The first-order valence-corrected chi connectivity index (χ1v) is 9.28. The molecular weight excluding hydrogens is 364 g/mol. The van der Waals surface area contributed by atoms with E-state index in [2.05, 4.69) is 15.4 Å². The van der Waals surface area contributed by atoms with Gasteiger partial charge in [-0.25, -0.2) is 9.67 Å². The third-order valence-electron chi connectivity index (χ3n) is 4.40. The van der Waals surface area contributed by atoms with E-state index in [0.29, 0.717) is 24.5 Å². The largest absolute Gasteiger partial charge is 0.489 e. The van der Waals surface area contributed by atoms with E-state index in [-0.39, 0.29) is 5.91 Å². The minimum atomic E-state index is -0.192. The lowest BCUT2D eigenvalue weighted by Crippen LogP contribution is -2.23. The highest BCUT2D eigenvalue weighted by molar-refractivity contribution is 5.93. The maximum Gasteiger partial charge on any atom is 0.253 e. The molecule has 4 aromatic rings. The second-order valence-electron chi connectivity index (χ2n) is 6.42. The van der Waals surface area contributed by atoms with Crippen molar-refractivity contribution in [2.45, 2.75) is 13.2 Å². The molecule has 2 aromatic heterocycles. The van der Waals surface area contributed by atoms with Gasteiger partial charge in [0.25, 0.3) is 5.91 Å². The number of para-hydroxylation sites is 1. The quantitative estimate of drug-likeness (QED) is 0.527. The molecule has 1 N–H and O–H groups in total. The van der Waals surface area contributed by atoms with Gasteiger partial charge in [-0.05, 0) is 29.8 Å². The van der Waals surface area contributed by atoms with Gasteiger partial charge in [-0.3, -0.25) is 4.79 Å². The fourth-order valence-electron chi connectivity index (χ4n) is 2.86. The minimum Gasteiger partial charge on any atom is -0.489 e. The van der Waals surface area contributed by atoms with Crippen molar-refractivity contribution in [1.82, 2.24) is 20.1 Å². The number of nitrogens with zero attached hydrogens (tertiary/aromatic N) is 3. The molecular formula is C23H20N4O2. The van der Waals surface area contributed by atoms with Gasteiger partial charge in [0, 0.05) is 30.7 Å². The number of nitrogens with one attached hydrogen (secondary N) is 1.